The van der Waals surface area contributed by atoms with Gasteiger partial charge in [-0.05, 0) is 18.1 Å². The van der Waals surface area contributed by atoms with E-state index in [2.05, 4.69) is 0 Å². The van der Waals surface area contributed by atoms with Gasteiger partial charge in [0.05, 0.1) is 0 Å². The summed E-state index contributed by atoms with van der Waals surface area (Å²) in [6, 6.07) is 3.88. The quantitative estimate of drug-likeness (QED) is 0.858. The van der Waals surface area contributed by atoms with E-state index in [0.29, 0.717) is 0 Å². The van der Waals surface area contributed by atoms with Gasteiger partial charge in [-0.3, -0.25) is 0 Å². The van der Waals surface area contributed by atoms with Crippen LogP contribution in [0.25, 0.3) is 0 Å². The molecule has 0 aliphatic heterocycles. The number of carboxylic acids is 1. The molecule has 0 amide bonds. The summed E-state index contributed by atoms with van der Waals surface area (Å²) in [5.41, 5.74) is -0.228. The second-order valence-electron chi connectivity index (χ2n) is 3.28. The van der Waals surface area contributed by atoms with Crippen molar-refractivity contribution in [3.05, 3.63) is 41.2 Å². The van der Waals surface area contributed by atoms with Crippen molar-refractivity contribution in [2.24, 2.45) is 0 Å². The fraction of sp³-hybridized carbons (Fsp3) is 0.182. The van der Waals surface area contributed by atoms with Crippen molar-refractivity contribution in [2.45, 2.75) is 12.8 Å². The molecule has 0 aliphatic rings. The van der Waals surface area contributed by atoms with Gasteiger partial charge in [0.25, 0.3) is 0 Å². The van der Waals surface area contributed by atoms with Gasteiger partial charge in [-0.2, -0.15) is 8.78 Å². The molecule has 1 rings (SSSR count). The highest BCUT2D eigenvalue weighted by molar-refractivity contribution is 5.91. The van der Waals surface area contributed by atoms with Crippen LogP contribution in [-0.4, -0.2) is 16.2 Å². The summed E-state index contributed by atoms with van der Waals surface area (Å²) >= 11 is 0. The Balaban J connectivity index is 2.90. The summed E-state index contributed by atoms with van der Waals surface area (Å²) in [6.07, 6.45) is -3.19. The molecule has 17 heavy (non-hydrogen) atoms. The van der Waals surface area contributed by atoms with E-state index in [1.807, 2.05) is 0 Å². The number of aromatic carboxylic acids is 1. The lowest BCUT2D eigenvalue weighted by Crippen LogP contribution is -1.99. The zero-order valence-corrected chi connectivity index (χ0v) is 8.58. The lowest BCUT2D eigenvalue weighted by molar-refractivity contribution is 0.0693. The van der Waals surface area contributed by atoms with E-state index in [0.717, 1.165) is 0 Å². The largest absolute Gasteiger partial charge is 0.507 e. The molecule has 0 spiro atoms. The van der Waals surface area contributed by atoms with Crippen LogP contribution < -0.4 is 0 Å². The summed E-state index contributed by atoms with van der Waals surface area (Å²) in [6.45, 7) is 0. The number of aryl methyl sites for hydroxylation is 1. The minimum Gasteiger partial charge on any atom is -0.507 e. The number of carbonyl (C=O) groups is 1. The molecule has 0 heterocycles. The molecule has 0 unspecified atom stereocenters. The first-order chi connectivity index (χ1) is 7.93. The normalized spacial score (nSPS) is 10.1. The van der Waals surface area contributed by atoms with Gasteiger partial charge in [-0.15, -0.1) is 0 Å². The smallest absolute Gasteiger partial charge is 0.339 e. The molecular weight excluding hydrogens is 237 g/mol. The third-order valence-corrected chi connectivity index (χ3v) is 2.17. The van der Waals surface area contributed by atoms with Crippen molar-refractivity contribution in [1.29, 1.82) is 0 Å². The van der Waals surface area contributed by atoms with Crippen molar-refractivity contribution in [3.8, 4) is 5.75 Å². The average Bonchev–Trinajstić information content (AvgIpc) is 2.26. The van der Waals surface area contributed by atoms with E-state index in [4.69, 9.17) is 5.11 Å². The maximum atomic E-state index is 12.5. The molecule has 0 radical (unpaired) electrons. The monoisotopic (exact) mass is 246 g/mol. The number of para-hydroxylation sites is 1. The zero-order valence-electron chi connectivity index (χ0n) is 8.58. The number of hydrogen-bond donors (Lipinski definition) is 2. The maximum absolute atomic E-state index is 12.5. The van der Waals surface area contributed by atoms with E-state index in [1.54, 1.807) is 0 Å². The first-order valence-electron chi connectivity index (χ1n) is 4.67. The number of aromatic hydroxyl groups is 1. The fourth-order valence-corrected chi connectivity index (χ4v) is 1.30. The van der Waals surface area contributed by atoms with E-state index in [9.17, 15) is 23.1 Å². The van der Waals surface area contributed by atoms with Crippen LogP contribution in [0.5, 0.6) is 5.75 Å². The molecule has 0 atom stereocenters. The molecule has 92 valence electrons. The number of phenols is 1. The Morgan fingerprint density at radius 2 is 1.88 bits per heavy atom. The molecule has 0 bridgehead atoms. The summed E-state index contributed by atoms with van der Waals surface area (Å²) in [5.74, 6) is -3.42. The predicted octanol–water partition coefficient (Wildman–Crippen LogP) is 3.10. The van der Waals surface area contributed by atoms with E-state index in [1.165, 1.54) is 18.2 Å². The molecule has 3 nitrogen and oxygen atoms in total. The third-order valence-electron chi connectivity index (χ3n) is 2.17. The SMILES string of the molecule is O=C(O)c1cccc(CCC(F)=C(F)F)c1O. The Morgan fingerprint density at radius 1 is 1.24 bits per heavy atom. The summed E-state index contributed by atoms with van der Waals surface area (Å²) in [4.78, 5) is 10.7. The van der Waals surface area contributed by atoms with Crippen LogP contribution >= 0.6 is 0 Å². The summed E-state index contributed by atoms with van der Waals surface area (Å²) < 4.78 is 36.1. The number of carboxylic acid groups (broad SMARTS) is 1. The molecular formula is C11H9F3O3. The lowest BCUT2D eigenvalue weighted by Gasteiger charge is -2.06. The first kappa shape index (κ1) is 13.1. The van der Waals surface area contributed by atoms with Crippen molar-refractivity contribution >= 4 is 5.97 Å². The van der Waals surface area contributed by atoms with Gasteiger partial charge < -0.3 is 10.2 Å². The van der Waals surface area contributed by atoms with Gasteiger partial charge >= 0.3 is 12.0 Å². The standard InChI is InChI=1S/C11H9F3O3/c12-8(10(13)14)5-4-6-2-1-3-7(9(6)15)11(16)17/h1-3,15H,4-5H2,(H,16,17). The Hall–Kier alpha value is -1.98. The summed E-state index contributed by atoms with van der Waals surface area (Å²) in [7, 11) is 0. The van der Waals surface area contributed by atoms with Crippen molar-refractivity contribution in [3.63, 3.8) is 0 Å². The minimum absolute atomic E-state index is 0.112. The minimum atomic E-state index is -2.40. The highest BCUT2D eigenvalue weighted by Crippen LogP contribution is 2.25. The van der Waals surface area contributed by atoms with Gasteiger partial charge in [0.2, 0.25) is 0 Å². The van der Waals surface area contributed by atoms with Gasteiger partial charge in [0.15, 0.2) is 5.83 Å². The molecule has 0 fully saturated rings. The molecule has 0 saturated carbocycles. The van der Waals surface area contributed by atoms with Crippen LogP contribution in [0.15, 0.2) is 30.1 Å². The van der Waals surface area contributed by atoms with Gasteiger partial charge in [-0.25, -0.2) is 9.18 Å². The zero-order chi connectivity index (χ0) is 13.0. The highest BCUT2D eigenvalue weighted by Gasteiger charge is 2.14. The Bertz CT molecular complexity index is 465. The topological polar surface area (TPSA) is 57.5 Å². The van der Waals surface area contributed by atoms with Crippen molar-refractivity contribution < 1.29 is 28.2 Å². The van der Waals surface area contributed by atoms with Crippen molar-refractivity contribution in [1.82, 2.24) is 0 Å². The number of benzene rings is 1. The van der Waals surface area contributed by atoms with Gasteiger partial charge in [0.1, 0.15) is 11.3 Å². The molecule has 0 aromatic heterocycles. The number of allylic oxidation sites excluding steroid dienone is 1. The molecule has 6 heteroatoms. The predicted molar refractivity (Wildman–Crippen MR) is 53.7 cm³/mol. The first-order valence-corrected chi connectivity index (χ1v) is 4.67. The van der Waals surface area contributed by atoms with Crippen LogP contribution in [0, 0.1) is 0 Å². The number of rotatable bonds is 4. The van der Waals surface area contributed by atoms with Crippen LogP contribution in [0.4, 0.5) is 13.2 Å². The van der Waals surface area contributed by atoms with Crippen molar-refractivity contribution in [2.75, 3.05) is 0 Å². The van der Waals surface area contributed by atoms with Crippen LogP contribution in [0.3, 0.4) is 0 Å². The Labute approximate surface area is 94.8 Å². The second kappa shape index (κ2) is 5.38. The number of halogens is 3. The van der Waals surface area contributed by atoms with Crippen LogP contribution in [0.1, 0.15) is 22.3 Å². The number of hydrogen-bond acceptors (Lipinski definition) is 2. The molecule has 0 saturated heterocycles. The van der Waals surface area contributed by atoms with E-state index < -0.39 is 30.0 Å². The molecule has 1 aromatic carbocycles. The van der Waals surface area contributed by atoms with E-state index in [-0.39, 0.29) is 17.5 Å². The van der Waals surface area contributed by atoms with Crippen LogP contribution in [0.2, 0.25) is 0 Å². The van der Waals surface area contributed by atoms with Crippen LogP contribution in [-0.2, 0) is 6.42 Å². The second-order valence-corrected chi connectivity index (χ2v) is 3.28. The Morgan fingerprint density at radius 3 is 2.41 bits per heavy atom. The maximum Gasteiger partial charge on any atom is 0.339 e. The lowest BCUT2D eigenvalue weighted by atomic mass is 10.0. The molecule has 2 N–H and O–H groups in total. The third kappa shape index (κ3) is 3.24. The van der Waals surface area contributed by atoms with E-state index >= 15 is 0 Å². The highest BCUT2D eigenvalue weighted by atomic mass is 19.3. The average molecular weight is 246 g/mol. The Kier molecular flexibility index (Phi) is 4.14. The van der Waals surface area contributed by atoms with Gasteiger partial charge in [-0.1, -0.05) is 12.1 Å². The van der Waals surface area contributed by atoms with Gasteiger partial charge in [0, 0.05) is 6.42 Å². The molecule has 0 aliphatic carbocycles. The summed E-state index contributed by atoms with van der Waals surface area (Å²) in [5, 5.41) is 18.2. The molecule has 1 aromatic rings. The fourth-order valence-electron chi connectivity index (χ4n) is 1.30.